The van der Waals surface area contributed by atoms with Gasteiger partial charge in [-0.15, -0.1) is 0 Å². The molecule has 0 spiro atoms. The fourth-order valence-electron chi connectivity index (χ4n) is 3.61. The Morgan fingerprint density at radius 2 is 1.82 bits per heavy atom. The van der Waals surface area contributed by atoms with Crippen LogP contribution in [0.15, 0.2) is 24.3 Å². The largest absolute Gasteiger partial charge is 0.368 e. The molecule has 1 aliphatic rings. The van der Waals surface area contributed by atoms with Crippen LogP contribution in [0, 0.1) is 5.41 Å². The zero-order chi connectivity index (χ0) is 24.2. The van der Waals surface area contributed by atoms with Crippen molar-refractivity contribution in [2.45, 2.75) is 33.4 Å². The van der Waals surface area contributed by atoms with Crippen LogP contribution >= 0.6 is 11.8 Å². The Morgan fingerprint density at radius 3 is 2.45 bits per heavy atom. The van der Waals surface area contributed by atoms with E-state index in [0.717, 1.165) is 11.5 Å². The maximum absolute atomic E-state index is 13.2. The zero-order valence-electron chi connectivity index (χ0n) is 19.1. The lowest BCUT2D eigenvalue weighted by molar-refractivity contribution is -0.131. The van der Waals surface area contributed by atoms with Gasteiger partial charge in [0.15, 0.2) is 5.69 Å². The summed E-state index contributed by atoms with van der Waals surface area (Å²) < 4.78 is 1.54. The number of para-hydroxylation sites is 1. The Labute approximate surface area is 196 Å². The number of amides is 4. The third kappa shape index (κ3) is 6.04. The van der Waals surface area contributed by atoms with E-state index in [1.54, 1.807) is 39.0 Å². The molecule has 1 saturated heterocycles. The van der Waals surface area contributed by atoms with Crippen molar-refractivity contribution in [3.8, 4) is 0 Å². The van der Waals surface area contributed by atoms with Crippen LogP contribution in [0.25, 0.3) is 10.9 Å². The van der Waals surface area contributed by atoms with Crippen molar-refractivity contribution >= 4 is 46.3 Å². The Bertz CT molecular complexity index is 1050. The van der Waals surface area contributed by atoms with Gasteiger partial charge in [-0.2, -0.15) is 16.9 Å². The standard InChI is InChI=1S/C22H30N6O4S/c1-22(2,3)19(21(32)24-12-16(23)29)25-20(31)18-14-6-4-5-7-15(14)28(26-18)13-17(30)27-8-10-33-11-9-27/h4-7,19H,8-13H2,1-3H3,(H2,23,29)(H,24,32)(H,25,31)/t19-/m1/s1. The molecule has 11 heteroatoms. The van der Waals surface area contributed by atoms with Crippen molar-refractivity contribution in [2.24, 2.45) is 11.1 Å². The highest BCUT2D eigenvalue weighted by molar-refractivity contribution is 7.99. The van der Waals surface area contributed by atoms with Crippen molar-refractivity contribution in [1.29, 1.82) is 0 Å². The molecule has 2 heterocycles. The van der Waals surface area contributed by atoms with Crippen LogP contribution in [0.1, 0.15) is 31.3 Å². The quantitative estimate of drug-likeness (QED) is 0.529. The lowest BCUT2D eigenvalue weighted by Gasteiger charge is -2.30. The Hall–Kier alpha value is -3.08. The van der Waals surface area contributed by atoms with Gasteiger partial charge in [-0.25, -0.2) is 0 Å². The monoisotopic (exact) mass is 474 g/mol. The van der Waals surface area contributed by atoms with Gasteiger partial charge in [-0.05, 0) is 11.5 Å². The van der Waals surface area contributed by atoms with Crippen LogP contribution in [0.2, 0.25) is 0 Å². The molecule has 4 N–H and O–H groups in total. The number of rotatable bonds is 7. The molecular formula is C22H30N6O4S. The molecule has 1 aliphatic heterocycles. The van der Waals surface area contributed by atoms with Crippen molar-refractivity contribution in [3.05, 3.63) is 30.0 Å². The molecule has 1 fully saturated rings. The first-order valence-corrected chi connectivity index (χ1v) is 11.9. The Kier molecular flexibility index (Phi) is 7.62. The van der Waals surface area contributed by atoms with Crippen LogP contribution in [-0.2, 0) is 20.9 Å². The molecule has 0 bridgehead atoms. The zero-order valence-corrected chi connectivity index (χ0v) is 19.9. The minimum absolute atomic E-state index is 0.0280. The number of fused-ring (bicyclic) bond motifs is 1. The fraction of sp³-hybridized carbons (Fsp3) is 0.500. The summed E-state index contributed by atoms with van der Waals surface area (Å²) in [5, 5.41) is 10.2. The van der Waals surface area contributed by atoms with E-state index in [2.05, 4.69) is 15.7 Å². The number of hydrogen-bond donors (Lipinski definition) is 3. The molecule has 1 aromatic carbocycles. The highest BCUT2D eigenvalue weighted by atomic mass is 32.2. The third-order valence-corrected chi connectivity index (χ3v) is 6.30. The van der Waals surface area contributed by atoms with Crippen LogP contribution in [0.3, 0.4) is 0 Å². The number of primary amides is 1. The molecule has 1 atom stereocenters. The minimum atomic E-state index is -0.930. The molecule has 178 valence electrons. The van der Waals surface area contributed by atoms with E-state index >= 15 is 0 Å². The van der Waals surface area contributed by atoms with Gasteiger partial charge in [0.2, 0.25) is 17.7 Å². The van der Waals surface area contributed by atoms with Crippen LogP contribution in [-0.4, -0.2) is 75.5 Å². The molecule has 0 unspecified atom stereocenters. The topological polar surface area (TPSA) is 139 Å². The third-order valence-electron chi connectivity index (χ3n) is 5.36. The van der Waals surface area contributed by atoms with E-state index in [1.807, 2.05) is 22.7 Å². The Balaban J connectivity index is 1.84. The predicted molar refractivity (Wildman–Crippen MR) is 127 cm³/mol. The number of thioether (sulfide) groups is 1. The van der Waals surface area contributed by atoms with E-state index in [0.29, 0.717) is 24.0 Å². The van der Waals surface area contributed by atoms with Gasteiger partial charge < -0.3 is 21.3 Å². The number of carbonyl (C=O) groups excluding carboxylic acids is 4. The molecule has 4 amide bonds. The van der Waals surface area contributed by atoms with E-state index in [-0.39, 0.29) is 24.7 Å². The summed E-state index contributed by atoms with van der Waals surface area (Å²) in [5.74, 6) is 0.0340. The molecular weight excluding hydrogens is 444 g/mol. The number of benzene rings is 1. The van der Waals surface area contributed by atoms with Crippen molar-refractivity contribution in [1.82, 2.24) is 25.3 Å². The summed E-state index contributed by atoms with van der Waals surface area (Å²) in [7, 11) is 0. The number of aromatic nitrogens is 2. The molecule has 1 aromatic heterocycles. The van der Waals surface area contributed by atoms with E-state index < -0.39 is 29.2 Å². The van der Waals surface area contributed by atoms with Gasteiger partial charge in [0.1, 0.15) is 12.6 Å². The number of carbonyl (C=O) groups is 4. The molecule has 0 aliphatic carbocycles. The minimum Gasteiger partial charge on any atom is -0.368 e. The summed E-state index contributed by atoms with van der Waals surface area (Å²) in [6.07, 6.45) is 0. The molecule has 3 rings (SSSR count). The summed E-state index contributed by atoms with van der Waals surface area (Å²) in [4.78, 5) is 51.5. The molecule has 10 nitrogen and oxygen atoms in total. The van der Waals surface area contributed by atoms with Crippen molar-refractivity contribution < 1.29 is 19.2 Å². The van der Waals surface area contributed by atoms with Gasteiger partial charge in [0.25, 0.3) is 5.91 Å². The van der Waals surface area contributed by atoms with Gasteiger partial charge in [-0.3, -0.25) is 23.9 Å². The second-order valence-electron chi connectivity index (χ2n) is 8.97. The number of hydrogen-bond acceptors (Lipinski definition) is 6. The van der Waals surface area contributed by atoms with Gasteiger partial charge in [0.05, 0.1) is 12.1 Å². The normalized spacial score (nSPS) is 15.2. The first-order valence-electron chi connectivity index (χ1n) is 10.8. The van der Waals surface area contributed by atoms with Crippen molar-refractivity contribution in [3.63, 3.8) is 0 Å². The van der Waals surface area contributed by atoms with E-state index in [1.165, 1.54) is 4.68 Å². The number of nitrogens with two attached hydrogens (primary N) is 1. The van der Waals surface area contributed by atoms with Crippen molar-refractivity contribution in [2.75, 3.05) is 31.1 Å². The highest BCUT2D eigenvalue weighted by Crippen LogP contribution is 2.23. The average molecular weight is 475 g/mol. The number of nitrogens with one attached hydrogen (secondary N) is 2. The maximum atomic E-state index is 13.2. The maximum Gasteiger partial charge on any atom is 0.273 e. The molecule has 0 saturated carbocycles. The van der Waals surface area contributed by atoms with E-state index in [4.69, 9.17) is 5.73 Å². The summed E-state index contributed by atoms with van der Waals surface area (Å²) in [6, 6.07) is 6.24. The lowest BCUT2D eigenvalue weighted by Crippen LogP contribution is -2.54. The molecule has 0 radical (unpaired) electrons. The summed E-state index contributed by atoms with van der Waals surface area (Å²) in [5.41, 5.74) is 5.26. The highest BCUT2D eigenvalue weighted by Gasteiger charge is 2.34. The summed E-state index contributed by atoms with van der Waals surface area (Å²) >= 11 is 1.82. The molecule has 2 aromatic rings. The first kappa shape index (κ1) is 24.6. The van der Waals surface area contributed by atoms with Crippen LogP contribution in [0.5, 0.6) is 0 Å². The average Bonchev–Trinajstić information content (AvgIpc) is 3.14. The smallest absolute Gasteiger partial charge is 0.273 e. The first-order chi connectivity index (χ1) is 15.6. The SMILES string of the molecule is CC(C)(C)[C@H](NC(=O)c1nn(CC(=O)N2CCSCC2)c2ccccc12)C(=O)NCC(N)=O. The Morgan fingerprint density at radius 1 is 1.15 bits per heavy atom. The number of nitrogens with zero attached hydrogens (tertiary/aromatic N) is 3. The van der Waals surface area contributed by atoms with Crippen LogP contribution < -0.4 is 16.4 Å². The van der Waals surface area contributed by atoms with Gasteiger partial charge >= 0.3 is 0 Å². The summed E-state index contributed by atoms with van der Waals surface area (Å²) in [6.45, 7) is 6.50. The lowest BCUT2D eigenvalue weighted by atomic mass is 9.86. The predicted octanol–water partition coefficient (Wildman–Crippen LogP) is 0.358. The fourth-order valence-corrected chi connectivity index (χ4v) is 4.51. The van der Waals surface area contributed by atoms with Gasteiger partial charge in [0, 0.05) is 30.0 Å². The van der Waals surface area contributed by atoms with E-state index in [9.17, 15) is 19.2 Å². The second-order valence-corrected chi connectivity index (χ2v) is 10.2. The molecule has 33 heavy (non-hydrogen) atoms. The second kappa shape index (κ2) is 10.2. The van der Waals surface area contributed by atoms with Gasteiger partial charge in [-0.1, -0.05) is 39.0 Å². The van der Waals surface area contributed by atoms with Crippen LogP contribution in [0.4, 0.5) is 0 Å².